The molecule has 0 unspecified atom stereocenters. The lowest BCUT2D eigenvalue weighted by Crippen LogP contribution is -2.66. The van der Waals surface area contributed by atoms with Gasteiger partial charge in [-0.3, -0.25) is 19.1 Å². The highest BCUT2D eigenvalue weighted by molar-refractivity contribution is 5.73. The molecule has 1 N–H and O–H groups in total. The largest absolute Gasteiger partial charge is 0.456 e. The molecular formula is C24H35N7O7. The predicted octanol–water partition coefficient (Wildman–Crippen LogP) is 0.338. The van der Waals surface area contributed by atoms with Crippen LogP contribution in [0.1, 0.15) is 57.8 Å². The molecule has 4 heterocycles. The van der Waals surface area contributed by atoms with E-state index in [2.05, 4.69) is 25.9 Å². The Hall–Kier alpha value is -3.39. The van der Waals surface area contributed by atoms with Crippen molar-refractivity contribution in [1.29, 1.82) is 0 Å². The van der Waals surface area contributed by atoms with Gasteiger partial charge in [-0.2, -0.15) is 0 Å². The van der Waals surface area contributed by atoms with Crippen LogP contribution in [0.15, 0.2) is 12.4 Å². The lowest BCUT2D eigenvalue weighted by Gasteiger charge is -2.45. The third kappa shape index (κ3) is 7.57. The molecule has 0 spiro atoms. The molecule has 1 saturated heterocycles. The Bertz CT molecular complexity index is 1100. The van der Waals surface area contributed by atoms with Gasteiger partial charge in [0.1, 0.15) is 12.1 Å². The predicted molar refractivity (Wildman–Crippen MR) is 129 cm³/mol. The van der Waals surface area contributed by atoms with Crippen molar-refractivity contribution in [1.82, 2.24) is 35.3 Å². The summed E-state index contributed by atoms with van der Waals surface area (Å²) in [5.41, 5.74) is 1.77. The van der Waals surface area contributed by atoms with Crippen LogP contribution in [-0.2, 0) is 59.3 Å². The number of esters is 2. The highest BCUT2D eigenvalue weighted by atomic mass is 16.7. The topological polar surface area (TPSA) is 162 Å². The van der Waals surface area contributed by atoms with Crippen LogP contribution in [0.5, 0.6) is 0 Å². The molecule has 5 atom stereocenters. The Labute approximate surface area is 220 Å². The quantitative estimate of drug-likeness (QED) is 0.542. The molecule has 14 heteroatoms. The standard InChI is InChI=1S/C24H35N7O7/c1-15(32)25-21-23(37-17(3)34)22(36-16(2)33)20-14-31-13-19(27-29-31)9-6-4-5-8-18-12-30(28-26-18)10-7-11-35-24(21)38-20/h12-13,20-24H,4-11,14H2,1-3H3,(H,25,32)/t20-,21-,22-,23-,24+/m1/s1. The van der Waals surface area contributed by atoms with Gasteiger partial charge in [0.2, 0.25) is 5.91 Å². The van der Waals surface area contributed by atoms with Gasteiger partial charge in [0.25, 0.3) is 0 Å². The molecule has 14 nitrogen and oxygen atoms in total. The van der Waals surface area contributed by atoms with Crippen molar-refractivity contribution >= 4 is 17.8 Å². The number of nitrogens with zero attached hydrogens (tertiary/aromatic N) is 6. The number of nitrogens with one attached hydrogen (secondary N) is 1. The summed E-state index contributed by atoms with van der Waals surface area (Å²) in [6.07, 6.45) is 5.07. The van der Waals surface area contributed by atoms with Gasteiger partial charge in [-0.05, 0) is 32.1 Å². The van der Waals surface area contributed by atoms with Crippen LogP contribution in [0.2, 0.25) is 0 Å². The minimum absolute atomic E-state index is 0.163. The monoisotopic (exact) mass is 533 g/mol. The van der Waals surface area contributed by atoms with E-state index in [1.165, 1.54) is 20.8 Å². The minimum atomic E-state index is -1.06. The second kappa shape index (κ2) is 12.9. The van der Waals surface area contributed by atoms with Gasteiger partial charge in [0, 0.05) is 39.7 Å². The van der Waals surface area contributed by atoms with E-state index in [4.69, 9.17) is 18.9 Å². The lowest BCUT2D eigenvalue weighted by molar-refractivity contribution is -0.274. The van der Waals surface area contributed by atoms with Gasteiger partial charge in [-0.25, -0.2) is 4.68 Å². The van der Waals surface area contributed by atoms with Crippen molar-refractivity contribution < 1.29 is 33.3 Å². The Kier molecular flexibility index (Phi) is 9.39. The fourth-order valence-electron chi connectivity index (χ4n) is 4.75. The van der Waals surface area contributed by atoms with Crippen LogP contribution in [0.3, 0.4) is 0 Å². The zero-order valence-corrected chi connectivity index (χ0v) is 21.9. The first kappa shape index (κ1) is 27.6. The van der Waals surface area contributed by atoms with Crippen molar-refractivity contribution in [3.8, 4) is 0 Å². The normalized spacial score (nSPS) is 26.8. The second-order valence-corrected chi connectivity index (χ2v) is 9.61. The molecule has 2 aromatic heterocycles. The average Bonchev–Trinajstić information content (AvgIpc) is 3.48. The van der Waals surface area contributed by atoms with Crippen LogP contribution in [0.4, 0.5) is 0 Å². The Morgan fingerprint density at radius 2 is 1.53 bits per heavy atom. The molecule has 4 rings (SSSR count). The van der Waals surface area contributed by atoms with E-state index >= 15 is 0 Å². The minimum Gasteiger partial charge on any atom is -0.456 e. The second-order valence-electron chi connectivity index (χ2n) is 9.61. The van der Waals surface area contributed by atoms with E-state index in [-0.39, 0.29) is 19.1 Å². The number of rotatable bonds is 3. The number of hydrogen-bond acceptors (Lipinski definition) is 11. The summed E-state index contributed by atoms with van der Waals surface area (Å²) < 4.78 is 26.9. The zero-order valence-electron chi connectivity index (χ0n) is 21.9. The zero-order chi connectivity index (χ0) is 27.1. The molecule has 1 amide bonds. The number of hydrogen-bond donors (Lipinski definition) is 1. The molecule has 0 aromatic carbocycles. The molecule has 2 aromatic rings. The molecule has 0 saturated carbocycles. The van der Waals surface area contributed by atoms with E-state index in [1.54, 1.807) is 9.36 Å². The van der Waals surface area contributed by atoms with Crippen LogP contribution < -0.4 is 5.32 Å². The van der Waals surface area contributed by atoms with Crippen molar-refractivity contribution in [2.45, 2.75) is 103 Å². The van der Waals surface area contributed by atoms with E-state index < -0.39 is 42.6 Å². The molecular weight excluding hydrogens is 498 g/mol. The number of aromatic nitrogens is 6. The third-order valence-electron chi connectivity index (χ3n) is 6.34. The Morgan fingerprint density at radius 3 is 2.18 bits per heavy atom. The summed E-state index contributed by atoms with van der Waals surface area (Å²) >= 11 is 0. The van der Waals surface area contributed by atoms with E-state index in [0.29, 0.717) is 13.0 Å². The summed E-state index contributed by atoms with van der Waals surface area (Å²) in [7, 11) is 0. The van der Waals surface area contributed by atoms with E-state index in [1.807, 2.05) is 12.4 Å². The first-order valence-electron chi connectivity index (χ1n) is 12.9. The number of carbonyl (C=O) groups excluding carboxylic acids is 3. The van der Waals surface area contributed by atoms with Crippen molar-refractivity contribution in [3.63, 3.8) is 0 Å². The number of carbonyl (C=O) groups is 3. The van der Waals surface area contributed by atoms with Crippen LogP contribution >= 0.6 is 0 Å². The number of fused-ring (bicyclic) bond motifs is 6. The van der Waals surface area contributed by atoms with Gasteiger partial charge in [0.15, 0.2) is 18.5 Å². The van der Waals surface area contributed by atoms with Crippen molar-refractivity contribution in [2.75, 3.05) is 6.61 Å². The molecule has 0 radical (unpaired) electrons. The molecule has 208 valence electrons. The van der Waals surface area contributed by atoms with Crippen LogP contribution in [0.25, 0.3) is 0 Å². The SMILES string of the molecule is CC(=O)N[C@H]1[C@H]2OCCCn3cc(nn3)CCCCCc3cn(nn3)C[C@@H](O2)[C@@H](OC(C)=O)[C@@H]1OC(C)=O. The van der Waals surface area contributed by atoms with Crippen LogP contribution in [0, 0.1) is 0 Å². The maximum atomic E-state index is 12.1. The van der Waals surface area contributed by atoms with Crippen molar-refractivity contribution in [3.05, 3.63) is 23.8 Å². The van der Waals surface area contributed by atoms with Gasteiger partial charge in [-0.1, -0.05) is 16.8 Å². The maximum absolute atomic E-state index is 12.1. The van der Waals surface area contributed by atoms with Gasteiger partial charge >= 0.3 is 11.9 Å². The Morgan fingerprint density at radius 1 is 0.895 bits per heavy atom. The third-order valence-corrected chi connectivity index (χ3v) is 6.34. The van der Waals surface area contributed by atoms with E-state index in [0.717, 1.165) is 43.5 Å². The van der Waals surface area contributed by atoms with Gasteiger partial charge < -0.3 is 24.3 Å². The van der Waals surface area contributed by atoms with Crippen LogP contribution in [-0.4, -0.2) is 85.1 Å². The molecule has 38 heavy (non-hydrogen) atoms. The van der Waals surface area contributed by atoms with E-state index in [9.17, 15) is 14.4 Å². The molecule has 2 aliphatic heterocycles. The summed E-state index contributed by atoms with van der Waals surface area (Å²) in [5.74, 6) is -1.57. The fourth-order valence-corrected chi connectivity index (χ4v) is 4.75. The summed E-state index contributed by atoms with van der Waals surface area (Å²) in [6, 6.07) is -0.921. The first-order chi connectivity index (χ1) is 18.3. The molecule has 6 bridgehead atoms. The summed E-state index contributed by atoms with van der Waals surface area (Å²) in [6.45, 7) is 4.85. The number of aryl methyl sites for hydroxylation is 3. The maximum Gasteiger partial charge on any atom is 0.303 e. The molecule has 1 fully saturated rings. The van der Waals surface area contributed by atoms with Gasteiger partial charge in [-0.15, -0.1) is 10.2 Å². The molecule has 0 aliphatic carbocycles. The van der Waals surface area contributed by atoms with Crippen molar-refractivity contribution in [2.24, 2.45) is 0 Å². The number of ether oxygens (including phenoxy) is 4. The van der Waals surface area contributed by atoms with Gasteiger partial charge in [0.05, 0.1) is 24.5 Å². The average molecular weight is 534 g/mol. The Balaban J connectivity index is 1.62. The number of amides is 1. The smallest absolute Gasteiger partial charge is 0.303 e. The summed E-state index contributed by atoms with van der Waals surface area (Å²) in [4.78, 5) is 36.2. The highest BCUT2D eigenvalue weighted by Gasteiger charge is 2.51. The fraction of sp³-hybridized carbons (Fsp3) is 0.708. The summed E-state index contributed by atoms with van der Waals surface area (Å²) in [5, 5.41) is 19.7. The lowest BCUT2D eigenvalue weighted by atomic mass is 9.95. The molecule has 2 aliphatic rings. The first-order valence-corrected chi connectivity index (χ1v) is 12.9. The highest BCUT2D eigenvalue weighted by Crippen LogP contribution is 2.28.